The summed E-state index contributed by atoms with van der Waals surface area (Å²) in [4.78, 5) is 16.8. The van der Waals surface area contributed by atoms with Crippen molar-refractivity contribution in [1.29, 1.82) is 0 Å². The van der Waals surface area contributed by atoms with Crippen LogP contribution >= 0.6 is 12.2 Å². The number of ether oxygens (including phenoxy) is 4. The second kappa shape index (κ2) is 8.13. The third-order valence-corrected chi connectivity index (χ3v) is 6.52. The Bertz CT molecular complexity index is 1350. The molecule has 33 heavy (non-hydrogen) atoms. The number of rotatable bonds is 4. The maximum Gasteiger partial charge on any atom is 0.260 e. The summed E-state index contributed by atoms with van der Waals surface area (Å²) in [6.07, 6.45) is 0.744. The van der Waals surface area contributed by atoms with E-state index >= 15 is 0 Å². The Kier molecular flexibility index (Phi) is 5.26. The number of aromatic amines is 1. The van der Waals surface area contributed by atoms with Crippen LogP contribution in [0.4, 0.5) is 0 Å². The minimum atomic E-state index is -0.574. The molecule has 2 aliphatic heterocycles. The van der Waals surface area contributed by atoms with Crippen molar-refractivity contribution in [2.45, 2.75) is 12.5 Å². The van der Waals surface area contributed by atoms with Gasteiger partial charge in [-0.3, -0.25) is 9.78 Å². The summed E-state index contributed by atoms with van der Waals surface area (Å²) in [5.41, 5.74) is 1.84. The molecular formula is C23H23N3O6S. The van der Waals surface area contributed by atoms with Gasteiger partial charge in [0.2, 0.25) is 12.5 Å². The number of benzene rings is 2. The van der Waals surface area contributed by atoms with Crippen molar-refractivity contribution in [3.05, 3.63) is 62.1 Å². The van der Waals surface area contributed by atoms with Gasteiger partial charge in [0.15, 0.2) is 16.3 Å². The lowest BCUT2D eigenvalue weighted by molar-refractivity contribution is -0.908. The summed E-state index contributed by atoms with van der Waals surface area (Å²) in [5, 5.41) is 13.8. The van der Waals surface area contributed by atoms with E-state index in [1.807, 2.05) is 13.1 Å². The molecule has 2 atom stereocenters. The van der Waals surface area contributed by atoms with Gasteiger partial charge in [-0.25, -0.2) is 0 Å². The summed E-state index contributed by atoms with van der Waals surface area (Å²) in [7, 11) is 5.07. The second-order valence-corrected chi connectivity index (χ2v) is 8.39. The summed E-state index contributed by atoms with van der Waals surface area (Å²) in [6.45, 7) is 0.814. The lowest BCUT2D eigenvalue weighted by Gasteiger charge is -2.35. The van der Waals surface area contributed by atoms with E-state index in [-0.39, 0.29) is 17.1 Å². The van der Waals surface area contributed by atoms with Gasteiger partial charge in [0.25, 0.3) is 5.56 Å². The van der Waals surface area contributed by atoms with Crippen LogP contribution in [0.25, 0.3) is 5.69 Å². The molecule has 0 saturated carbocycles. The fraction of sp³-hybridized carbons (Fsp3) is 0.304. The largest absolute Gasteiger partial charge is 0.859 e. The van der Waals surface area contributed by atoms with E-state index in [4.69, 9.17) is 31.2 Å². The first-order chi connectivity index (χ1) is 15.9. The maximum atomic E-state index is 13.8. The van der Waals surface area contributed by atoms with Crippen molar-refractivity contribution in [3.63, 3.8) is 0 Å². The molecule has 10 heteroatoms. The maximum absolute atomic E-state index is 13.8. The average Bonchev–Trinajstić information content (AvgIpc) is 3.27. The Morgan fingerprint density at radius 2 is 1.94 bits per heavy atom. The van der Waals surface area contributed by atoms with Crippen LogP contribution in [0.1, 0.15) is 22.7 Å². The van der Waals surface area contributed by atoms with E-state index < -0.39 is 17.5 Å². The summed E-state index contributed by atoms with van der Waals surface area (Å²) < 4.78 is 23.5. The van der Waals surface area contributed by atoms with Crippen LogP contribution in [0.15, 0.2) is 35.1 Å². The fourth-order valence-corrected chi connectivity index (χ4v) is 4.95. The third kappa shape index (κ3) is 3.33. The summed E-state index contributed by atoms with van der Waals surface area (Å²) in [5.74, 6) is 1.76. The van der Waals surface area contributed by atoms with Gasteiger partial charge in [0, 0.05) is 12.1 Å². The van der Waals surface area contributed by atoms with Gasteiger partial charge < -0.3 is 33.5 Å². The molecule has 0 spiro atoms. The van der Waals surface area contributed by atoms with E-state index in [0.29, 0.717) is 28.7 Å². The van der Waals surface area contributed by atoms with Crippen molar-refractivity contribution in [2.75, 3.05) is 34.6 Å². The van der Waals surface area contributed by atoms with Gasteiger partial charge in [0.05, 0.1) is 38.9 Å². The summed E-state index contributed by atoms with van der Waals surface area (Å²) in [6, 6.07) is 8.26. The van der Waals surface area contributed by atoms with Crippen LogP contribution in [0.2, 0.25) is 0 Å². The number of methoxy groups -OCH3 is 2. The highest BCUT2D eigenvalue weighted by Gasteiger charge is 2.39. The van der Waals surface area contributed by atoms with Crippen molar-refractivity contribution in [3.8, 4) is 34.6 Å². The van der Waals surface area contributed by atoms with Crippen LogP contribution < -0.4 is 34.5 Å². The van der Waals surface area contributed by atoms with E-state index in [9.17, 15) is 9.90 Å². The SMILES string of the molecule is COc1ccc(-n2c([O-])c([C@H]3c4c(cc5c(c4OC)OCO5)CC[NH+]3C)c(=O)[nH]c2=S)cc1. The number of H-pyrrole nitrogens is 1. The number of fused-ring (bicyclic) bond motifs is 2. The molecule has 2 N–H and O–H groups in total. The normalized spacial score (nSPS) is 18.6. The number of aromatic nitrogens is 2. The van der Waals surface area contributed by atoms with Gasteiger partial charge in [0.1, 0.15) is 11.8 Å². The molecule has 172 valence electrons. The highest BCUT2D eigenvalue weighted by molar-refractivity contribution is 7.71. The molecule has 0 saturated heterocycles. The first-order valence-corrected chi connectivity index (χ1v) is 10.9. The number of quaternary nitrogens is 1. The standard InChI is InChI=1S/C23H23N3O6S/c1-25-9-8-12-10-15-19(32-11-31-15)20(30-3)16(12)18(25)17-21(27)24-23(33)26(22(17)28)13-4-6-14(29-2)7-5-13/h4-7,10,18,28H,8-9,11H2,1-3H3,(H,24,27,33)/t18-/m1/s1. The fourth-order valence-electron chi connectivity index (χ4n) is 4.67. The molecule has 0 fully saturated rings. The van der Waals surface area contributed by atoms with Gasteiger partial charge in [-0.15, -0.1) is 0 Å². The summed E-state index contributed by atoms with van der Waals surface area (Å²) >= 11 is 5.36. The Labute approximate surface area is 194 Å². The monoisotopic (exact) mass is 469 g/mol. The van der Waals surface area contributed by atoms with Crippen molar-refractivity contribution >= 4 is 12.2 Å². The molecule has 2 aromatic carbocycles. The number of likely N-dealkylation sites (N-methyl/N-ethyl adjacent to an activating group) is 1. The zero-order valence-electron chi connectivity index (χ0n) is 18.4. The van der Waals surface area contributed by atoms with Crippen molar-refractivity contribution in [1.82, 2.24) is 9.55 Å². The smallest absolute Gasteiger partial charge is 0.260 e. The molecule has 3 heterocycles. The Morgan fingerprint density at radius 1 is 1.18 bits per heavy atom. The number of nitrogens with zero attached hydrogens (tertiary/aromatic N) is 1. The molecule has 2 aliphatic rings. The molecule has 3 aromatic rings. The van der Waals surface area contributed by atoms with Crippen molar-refractivity contribution in [2.24, 2.45) is 0 Å². The Hall–Kier alpha value is -3.50. The lowest BCUT2D eigenvalue weighted by atomic mass is 9.87. The van der Waals surface area contributed by atoms with Gasteiger partial charge in [-0.2, -0.15) is 0 Å². The zero-order valence-corrected chi connectivity index (χ0v) is 19.2. The molecule has 9 nitrogen and oxygen atoms in total. The van der Waals surface area contributed by atoms with E-state index in [0.717, 1.165) is 29.0 Å². The number of hydrogen-bond donors (Lipinski definition) is 2. The topological polar surface area (TPSA) is 102 Å². The minimum Gasteiger partial charge on any atom is -0.859 e. The molecular weight excluding hydrogens is 446 g/mol. The first kappa shape index (κ1) is 21.4. The number of nitrogens with one attached hydrogen (secondary N) is 2. The minimum absolute atomic E-state index is 0.0326. The van der Waals surface area contributed by atoms with Crippen LogP contribution in [0.3, 0.4) is 0 Å². The molecule has 1 unspecified atom stereocenters. The Balaban J connectivity index is 1.76. The highest BCUT2D eigenvalue weighted by atomic mass is 32.1. The quantitative estimate of drug-likeness (QED) is 0.547. The molecule has 0 aliphatic carbocycles. The average molecular weight is 470 g/mol. The van der Waals surface area contributed by atoms with Crippen LogP contribution in [0, 0.1) is 4.77 Å². The molecule has 0 radical (unpaired) electrons. The van der Waals surface area contributed by atoms with Crippen molar-refractivity contribution < 1.29 is 29.0 Å². The lowest BCUT2D eigenvalue weighted by Crippen LogP contribution is -3.10. The van der Waals surface area contributed by atoms with Crippen LogP contribution in [-0.2, 0) is 6.42 Å². The van der Waals surface area contributed by atoms with Gasteiger partial charge in [-0.1, -0.05) is 0 Å². The van der Waals surface area contributed by atoms with E-state index in [1.54, 1.807) is 38.5 Å². The van der Waals surface area contributed by atoms with Gasteiger partial charge >= 0.3 is 0 Å². The van der Waals surface area contributed by atoms with Gasteiger partial charge in [-0.05, 0) is 54.0 Å². The highest BCUT2D eigenvalue weighted by Crippen LogP contribution is 2.48. The van der Waals surface area contributed by atoms with Crippen LogP contribution in [-0.4, -0.2) is 44.2 Å². The molecule has 1 aromatic heterocycles. The predicted octanol–water partition coefficient (Wildman–Crippen LogP) is 0.875. The Morgan fingerprint density at radius 3 is 2.64 bits per heavy atom. The van der Waals surface area contributed by atoms with Crippen LogP contribution in [0.5, 0.6) is 28.9 Å². The van der Waals surface area contributed by atoms with E-state index in [1.165, 1.54) is 4.57 Å². The van der Waals surface area contributed by atoms with E-state index in [2.05, 4.69) is 4.98 Å². The number of hydrogen-bond acceptors (Lipinski definition) is 7. The second-order valence-electron chi connectivity index (χ2n) is 8.01. The molecule has 0 bridgehead atoms. The molecule has 5 rings (SSSR count). The zero-order chi connectivity index (χ0) is 23.3. The third-order valence-electron chi connectivity index (χ3n) is 6.24. The predicted molar refractivity (Wildman–Crippen MR) is 120 cm³/mol. The molecule has 0 amide bonds. The first-order valence-electron chi connectivity index (χ1n) is 10.5.